The molecule has 0 saturated carbocycles. The molecule has 12 heteroatoms. The standard InChI is InChI=1S/C13H8Cl2F3N3O3S/c1-4-5(16)2-6(9(18)8(4)17)20-13(23)24-3-19-12(22)10-7(14)11(15)21-25-10/h2H,3H2,1H3,(H,19,22)(H,20,23). The van der Waals surface area contributed by atoms with Crippen molar-refractivity contribution in [2.24, 2.45) is 0 Å². The Morgan fingerprint density at radius 2 is 1.96 bits per heavy atom. The molecule has 1 heterocycles. The predicted octanol–water partition coefficient (Wildman–Crippen LogP) is 4.11. The van der Waals surface area contributed by atoms with Gasteiger partial charge in [0.15, 0.2) is 23.5 Å². The van der Waals surface area contributed by atoms with E-state index in [1.165, 1.54) is 0 Å². The number of nitrogens with zero attached hydrogens (tertiary/aromatic N) is 1. The lowest BCUT2D eigenvalue weighted by Crippen LogP contribution is -2.29. The Balaban J connectivity index is 1.91. The van der Waals surface area contributed by atoms with Gasteiger partial charge in [0.1, 0.15) is 15.7 Å². The average Bonchev–Trinajstić information content (AvgIpc) is 2.90. The SMILES string of the molecule is Cc1c(F)cc(NC(=O)OCNC(=O)c2snc(Cl)c2Cl)c(F)c1F. The zero-order chi connectivity index (χ0) is 18.7. The fraction of sp³-hybridized carbons (Fsp3) is 0.154. The van der Waals surface area contributed by atoms with E-state index in [0.717, 1.165) is 18.5 Å². The van der Waals surface area contributed by atoms with Crippen LogP contribution in [0.2, 0.25) is 10.2 Å². The van der Waals surface area contributed by atoms with Gasteiger partial charge in [-0.05, 0) is 18.5 Å². The van der Waals surface area contributed by atoms with E-state index in [9.17, 15) is 22.8 Å². The third-order valence-electron chi connectivity index (χ3n) is 2.86. The summed E-state index contributed by atoms with van der Waals surface area (Å²) in [7, 11) is 0. The van der Waals surface area contributed by atoms with Crippen molar-refractivity contribution in [1.29, 1.82) is 0 Å². The number of anilines is 1. The molecule has 0 fully saturated rings. The number of ether oxygens (including phenoxy) is 1. The maximum absolute atomic E-state index is 13.6. The Kier molecular flexibility index (Phi) is 6.09. The van der Waals surface area contributed by atoms with Crippen molar-refractivity contribution in [2.45, 2.75) is 6.92 Å². The Morgan fingerprint density at radius 3 is 2.56 bits per heavy atom. The highest BCUT2D eigenvalue weighted by Gasteiger charge is 2.19. The lowest BCUT2D eigenvalue weighted by atomic mass is 10.2. The number of amides is 2. The highest BCUT2D eigenvalue weighted by Crippen LogP contribution is 2.28. The zero-order valence-electron chi connectivity index (χ0n) is 12.3. The molecule has 0 spiro atoms. The largest absolute Gasteiger partial charge is 0.428 e. The second kappa shape index (κ2) is 7.89. The van der Waals surface area contributed by atoms with E-state index >= 15 is 0 Å². The van der Waals surface area contributed by atoms with Gasteiger partial charge in [-0.1, -0.05) is 23.2 Å². The molecule has 134 valence electrons. The van der Waals surface area contributed by atoms with E-state index in [4.69, 9.17) is 23.2 Å². The van der Waals surface area contributed by atoms with E-state index in [0.29, 0.717) is 6.07 Å². The minimum absolute atomic E-state index is 0.00407. The smallest absolute Gasteiger partial charge is 0.413 e. The molecule has 0 radical (unpaired) electrons. The molecule has 0 bridgehead atoms. The van der Waals surface area contributed by atoms with E-state index < -0.39 is 47.4 Å². The van der Waals surface area contributed by atoms with Gasteiger partial charge >= 0.3 is 6.09 Å². The Labute approximate surface area is 153 Å². The molecular formula is C13H8Cl2F3N3O3S. The summed E-state index contributed by atoms with van der Waals surface area (Å²) in [4.78, 5) is 23.3. The molecule has 0 aliphatic carbocycles. The van der Waals surface area contributed by atoms with Gasteiger partial charge in [-0.2, -0.15) is 4.37 Å². The zero-order valence-corrected chi connectivity index (χ0v) is 14.6. The molecule has 6 nitrogen and oxygen atoms in total. The van der Waals surface area contributed by atoms with Crippen molar-refractivity contribution in [3.05, 3.63) is 44.1 Å². The first-order chi connectivity index (χ1) is 11.7. The topological polar surface area (TPSA) is 80.3 Å². The molecular weight excluding hydrogens is 406 g/mol. The van der Waals surface area contributed by atoms with Crippen LogP contribution in [0.5, 0.6) is 0 Å². The highest BCUT2D eigenvalue weighted by atomic mass is 35.5. The van der Waals surface area contributed by atoms with Crippen LogP contribution in [-0.2, 0) is 4.74 Å². The van der Waals surface area contributed by atoms with Crippen LogP contribution in [0.15, 0.2) is 6.07 Å². The van der Waals surface area contributed by atoms with Crippen LogP contribution in [0.3, 0.4) is 0 Å². The van der Waals surface area contributed by atoms with Crippen LogP contribution in [0.4, 0.5) is 23.7 Å². The summed E-state index contributed by atoms with van der Waals surface area (Å²) in [6.45, 7) is 0.428. The molecule has 1 aromatic heterocycles. The second-order valence-corrected chi connectivity index (χ2v) is 5.99. The monoisotopic (exact) mass is 413 g/mol. The van der Waals surface area contributed by atoms with Gasteiger partial charge in [0.05, 0.1) is 5.69 Å². The summed E-state index contributed by atoms with van der Waals surface area (Å²) in [5.74, 6) is -4.62. The average molecular weight is 414 g/mol. The summed E-state index contributed by atoms with van der Waals surface area (Å²) < 4.78 is 48.6. The normalized spacial score (nSPS) is 10.5. The van der Waals surface area contributed by atoms with Gasteiger partial charge in [0, 0.05) is 11.6 Å². The summed E-state index contributed by atoms with van der Waals surface area (Å²) in [5.41, 5.74) is -1.27. The maximum atomic E-state index is 13.6. The first-order valence-electron chi connectivity index (χ1n) is 6.39. The first-order valence-corrected chi connectivity index (χ1v) is 7.92. The lowest BCUT2D eigenvalue weighted by molar-refractivity contribution is 0.0892. The molecule has 0 aliphatic heterocycles. The number of carbonyl (C=O) groups excluding carboxylic acids is 2. The number of rotatable bonds is 4. The molecule has 0 unspecified atom stereocenters. The van der Waals surface area contributed by atoms with Crippen LogP contribution in [-0.4, -0.2) is 23.1 Å². The fourth-order valence-electron chi connectivity index (χ4n) is 1.57. The second-order valence-electron chi connectivity index (χ2n) is 4.48. The van der Waals surface area contributed by atoms with Crippen molar-refractivity contribution < 1.29 is 27.5 Å². The molecule has 2 rings (SSSR count). The Morgan fingerprint density at radius 1 is 1.28 bits per heavy atom. The van der Waals surface area contributed by atoms with Crippen LogP contribution in [0, 0.1) is 24.4 Å². The van der Waals surface area contributed by atoms with E-state index in [1.807, 2.05) is 5.32 Å². The number of halogens is 5. The molecule has 1 aromatic carbocycles. The highest BCUT2D eigenvalue weighted by molar-refractivity contribution is 7.09. The summed E-state index contributed by atoms with van der Waals surface area (Å²) >= 11 is 12.1. The van der Waals surface area contributed by atoms with Crippen LogP contribution in [0.25, 0.3) is 0 Å². The van der Waals surface area contributed by atoms with Crippen LogP contribution < -0.4 is 10.6 Å². The number of carbonyl (C=O) groups is 2. The molecule has 25 heavy (non-hydrogen) atoms. The van der Waals surface area contributed by atoms with Gasteiger partial charge < -0.3 is 10.1 Å². The third kappa shape index (κ3) is 4.33. The van der Waals surface area contributed by atoms with Crippen LogP contribution >= 0.6 is 34.7 Å². The number of nitrogens with one attached hydrogen (secondary N) is 2. The van der Waals surface area contributed by atoms with Crippen molar-refractivity contribution in [1.82, 2.24) is 9.69 Å². The number of hydrogen-bond donors (Lipinski definition) is 2. The van der Waals surface area contributed by atoms with Gasteiger partial charge in [-0.25, -0.2) is 18.0 Å². The molecule has 0 aliphatic rings. The number of hydrogen-bond acceptors (Lipinski definition) is 5. The number of benzene rings is 1. The molecule has 0 atom stereocenters. The quantitative estimate of drug-likeness (QED) is 0.583. The predicted molar refractivity (Wildman–Crippen MR) is 85.6 cm³/mol. The summed E-state index contributed by atoms with van der Waals surface area (Å²) in [6.07, 6.45) is -1.24. The van der Waals surface area contributed by atoms with Gasteiger partial charge in [0.25, 0.3) is 5.91 Å². The minimum Gasteiger partial charge on any atom is -0.428 e. The maximum Gasteiger partial charge on any atom is 0.413 e. The van der Waals surface area contributed by atoms with Crippen molar-refractivity contribution in [3.63, 3.8) is 0 Å². The minimum atomic E-state index is -1.44. The fourth-order valence-corrected chi connectivity index (χ4v) is 2.70. The molecule has 2 amide bonds. The molecule has 2 N–H and O–H groups in total. The van der Waals surface area contributed by atoms with E-state index in [2.05, 4.69) is 14.4 Å². The van der Waals surface area contributed by atoms with Crippen LogP contribution in [0.1, 0.15) is 15.2 Å². The van der Waals surface area contributed by atoms with Crippen molar-refractivity contribution in [2.75, 3.05) is 12.0 Å². The van der Waals surface area contributed by atoms with Gasteiger partial charge in [-0.3, -0.25) is 10.1 Å². The van der Waals surface area contributed by atoms with Gasteiger partial charge in [0.2, 0.25) is 0 Å². The van der Waals surface area contributed by atoms with Crippen molar-refractivity contribution in [3.8, 4) is 0 Å². The van der Waals surface area contributed by atoms with E-state index in [1.54, 1.807) is 0 Å². The molecule has 2 aromatic rings. The first kappa shape index (κ1) is 19.3. The van der Waals surface area contributed by atoms with Gasteiger partial charge in [-0.15, -0.1) is 0 Å². The lowest BCUT2D eigenvalue weighted by Gasteiger charge is -2.10. The van der Waals surface area contributed by atoms with E-state index in [-0.39, 0.29) is 15.1 Å². The third-order valence-corrected chi connectivity index (χ3v) is 4.66. The summed E-state index contributed by atoms with van der Waals surface area (Å²) in [5, 5.41) is 3.90. The molecule has 0 saturated heterocycles. The van der Waals surface area contributed by atoms with Crippen molar-refractivity contribution >= 4 is 52.4 Å². The summed E-state index contributed by atoms with van der Waals surface area (Å²) in [6, 6.07) is 0.604. The number of aromatic nitrogens is 1. The Bertz CT molecular complexity index is 848. The Hall–Kier alpha value is -2.04.